The quantitative estimate of drug-likeness (QED) is 0.805. The van der Waals surface area contributed by atoms with E-state index >= 15 is 0 Å². The molecule has 0 spiro atoms. The molecule has 1 fully saturated rings. The lowest BCUT2D eigenvalue weighted by Gasteiger charge is -2.14. The molecule has 0 aromatic heterocycles. The molecule has 0 aliphatic carbocycles. The minimum absolute atomic E-state index is 0.422. The van der Waals surface area contributed by atoms with Crippen LogP contribution in [0.3, 0.4) is 0 Å². The number of hydrogen-bond donors (Lipinski definition) is 2. The molecule has 21 heavy (non-hydrogen) atoms. The first-order chi connectivity index (χ1) is 10.1. The Kier molecular flexibility index (Phi) is 6.10. The molecule has 4 nitrogen and oxygen atoms in total. The average Bonchev–Trinajstić information content (AvgIpc) is 2.99. The lowest BCUT2D eigenvalue weighted by atomic mass is 10.1. The fourth-order valence-electron chi connectivity index (χ4n) is 2.54. The van der Waals surface area contributed by atoms with E-state index in [1.54, 1.807) is 6.07 Å². The van der Waals surface area contributed by atoms with Gasteiger partial charge in [-0.05, 0) is 49.3 Å². The molecule has 2 N–H and O–H groups in total. The van der Waals surface area contributed by atoms with Gasteiger partial charge in [0, 0.05) is 18.3 Å². The Morgan fingerprint density at radius 1 is 1.38 bits per heavy atom. The maximum atomic E-state index is 12.6. The van der Waals surface area contributed by atoms with Gasteiger partial charge in [0.15, 0.2) is 0 Å². The number of benzene rings is 1. The summed E-state index contributed by atoms with van der Waals surface area (Å²) in [5, 5.41) is 3.48. The summed E-state index contributed by atoms with van der Waals surface area (Å²) in [4.78, 5) is 0.431. The second-order valence-corrected chi connectivity index (χ2v) is 8.46. The van der Waals surface area contributed by atoms with Crippen LogP contribution in [0.1, 0.15) is 30.9 Å². The zero-order valence-electron chi connectivity index (χ0n) is 12.7. The molecule has 1 aromatic carbocycles. The van der Waals surface area contributed by atoms with Gasteiger partial charge >= 0.3 is 0 Å². The van der Waals surface area contributed by atoms with Gasteiger partial charge in [0.1, 0.15) is 0 Å². The van der Waals surface area contributed by atoms with Crippen LogP contribution in [-0.4, -0.2) is 33.0 Å². The second kappa shape index (κ2) is 7.63. The topological polar surface area (TPSA) is 58.2 Å². The third-order valence-corrected chi connectivity index (χ3v) is 6.61. The molecule has 6 heteroatoms. The number of aryl methyl sites for hydroxylation is 1. The highest BCUT2D eigenvalue weighted by Gasteiger charge is 2.22. The Morgan fingerprint density at radius 3 is 2.81 bits per heavy atom. The fourth-order valence-corrected chi connectivity index (χ4v) is 5.29. The van der Waals surface area contributed by atoms with E-state index in [0.29, 0.717) is 29.7 Å². The van der Waals surface area contributed by atoms with E-state index in [1.165, 1.54) is 6.42 Å². The van der Waals surface area contributed by atoms with Gasteiger partial charge in [-0.25, -0.2) is 13.1 Å². The largest absolute Gasteiger partial charge is 0.316 e. The van der Waals surface area contributed by atoms with Crippen LogP contribution in [0.5, 0.6) is 0 Å². The molecule has 0 radical (unpaired) electrons. The normalized spacial score (nSPS) is 19.0. The highest BCUT2D eigenvalue weighted by atomic mass is 32.2. The van der Waals surface area contributed by atoms with E-state index in [2.05, 4.69) is 10.0 Å². The molecular weight excluding hydrogens is 304 g/mol. The zero-order valence-corrected chi connectivity index (χ0v) is 14.3. The van der Waals surface area contributed by atoms with Crippen molar-refractivity contribution in [2.45, 2.75) is 42.9 Å². The van der Waals surface area contributed by atoms with Crippen molar-refractivity contribution in [2.75, 3.05) is 19.3 Å². The lowest BCUT2D eigenvalue weighted by molar-refractivity contribution is 0.577. The molecule has 118 valence electrons. The monoisotopic (exact) mass is 328 g/mol. The second-order valence-electron chi connectivity index (χ2n) is 5.31. The zero-order chi connectivity index (χ0) is 15.3. The summed E-state index contributed by atoms with van der Waals surface area (Å²) >= 11 is 1.86. The summed E-state index contributed by atoms with van der Waals surface area (Å²) in [6.07, 6.45) is 3.01. The minimum Gasteiger partial charge on any atom is -0.316 e. The van der Waals surface area contributed by atoms with Crippen molar-refractivity contribution < 1.29 is 8.42 Å². The third-order valence-electron chi connectivity index (χ3n) is 3.71. The first-order valence-corrected chi connectivity index (χ1v) is 9.97. The van der Waals surface area contributed by atoms with Crippen LogP contribution in [0, 0.1) is 0 Å². The van der Waals surface area contributed by atoms with Crippen LogP contribution in [-0.2, 0) is 23.0 Å². The van der Waals surface area contributed by atoms with E-state index in [0.717, 1.165) is 23.3 Å². The summed E-state index contributed by atoms with van der Waals surface area (Å²) < 4.78 is 28.0. The van der Waals surface area contributed by atoms with Crippen LogP contribution in [0.4, 0.5) is 0 Å². The molecule has 1 heterocycles. The van der Waals surface area contributed by atoms with Crippen LogP contribution >= 0.6 is 11.8 Å². The standard InChI is InChI=1S/C15H24N2O2S2/c1-3-13-7-6-12(10-16-2)9-15(13)21(18,19)17-11-14-5-4-8-20-14/h6-7,9,14,16-17H,3-5,8,10-11H2,1-2H3. The molecule has 1 unspecified atom stereocenters. The first-order valence-electron chi connectivity index (χ1n) is 7.44. The van der Waals surface area contributed by atoms with Crippen LogP contribution < -0.4 is 10.0 Å². The molecule has 1 aliphatic heterocycles. The molecule has 1 aromatic rings. The molecule has 1 aliphatic rings. The maximum Gasteiger partial charge on any atom is 0.240 e. The number of rotatable bonds is 7. The third kappa shape index (κ3) is 4.45. The average molecular weight is 329 g/mol. The van der Waals surface area contributed by atoms with Crippen molar-refractivity contribution in [3.05, 3.63) is 29.3 Å². The summed E-state index contributed by atoms with van der Waals surface area (Å²) in [5.74, 6) is 1.14. The van der Waals surface area contributed by atoms with Gasteiger partial charge in [0.05, 0.1) is 4.90 Å². The van der Waals surface area contributed by atoms with Gasteiger partial charge < -0.3 is 5.32 Å². The molecule has 0 bridgehead atoms. The molecule has 1 atom stereocenters. The summed E-state index contributed by atoms with van der Waals surface area (Å²) in [6.45, 7) is 3.19. The van der Waals surface area contributed by atoms with Gasteiger partial charge in [-0.3, -0.25) is 0 Å². The molecule has 0 amide bonds. The van der Waals surface area contributed by atoms with Crippen molar-refractivity contribution >= 4 is 21.8 Å². The number of thioether (sulfide) groups is 1. The Bertz CT molecular complexity index is 567. The molecule has 1 saturated heterocycles. The Balaban J connectivity index is 2.18. The highest BCUT2D eigenvalue weighted by Crippen LogP contribution is 2.26. The van der Waals surface area contributed by atoms with Gasteiger partial charge in [-0.2, -0.15) is 11.8 Å². The van der Waals surface area contributed by atoms with E-state index in [1.807, 2.05) is 37.9 Å². The summed E-state index contributed by atoms with van der Waals surface area (Å²) in [6, 6.07) is 5.70. The fraction of sp³-hybridized carbons (Fsp3) is 0.600. The molecule has 2 rings (SSSR count). The van der Waals surface area contributed by atoms with Crippen LogP contribution in [0.15, 0.2) is 23.1 Å². The van der Waals surface area contributed by atoms with Gasteiger partial charge in [0.25, 0.3) is 0 Å². The number of hydrogen-bond acceptors (Lipinski definition) is 4. The van der Waals surface area contributed by atoms with E-state index < -0.39 is 10.0 Å². The highest BCUT2D eigenvalue weighted by molar-refractivity contribution is 8.00. The minimum atomic E-state index is -3.42. The van der Waals surface area contributed by atoms with Crippen molar-refractivity contribution in [1.29, 1.82) is 0 Å². The van der Waals surface area contributed by atoms with Crippen molar-refractivity contribution in [3.8, 4) is 0 Å². The number of sulfonamides is 1. The van der Waals surface area contributed by atoms with Crippen molar-refractivity contribution in [1.82, 2.24) is 10.0 Å². The van der Waals surface area contributed by atoms with Gasteiger partial charge in [-0.15, -0.1) is 0 Å². The van der Waals surface area contributed by atoms with E-state index in [4.69, 9.17) is 0 Å². The molecule has 0 saturated carbocycles. The van der Waals surface area contributed by atoms with Gasteiger partial charge in [0.2, 0.25) is 10.0 Å². The van der Waals surface area contributed by atoms with Crippen LogP contribution in [0.2, 0.25) is 0 Å². The number of nitrogens with one attached hydrogen (secondary N) is 2. The van der Waals surface area contributed by atoms with E-state index in [9.17, 15) is 8.42 Å². The van der Waals surface area contributed by atoms with Gasteiger partial charge in [-0.1, -0.05) is 19.1 Å². The van der Waals surface area contributed by atoms with Crippen LogP contribution in [0.25, 0.3) is 0 Å². The lowest BCUT2D eigenvalue weighted by Crippen LogP contribution is -2.30. The maximum absolute atomic E-state index is 12.6. The predicted molar refractivity (Wildman–Crippen MR) is 89.3 cm³/mol. The van der Waals surface area contributed by atoms with Crippen molar-refractivity contribution in [3.63, 3.8) is 0 Å². The van der Waals surface area contributed by atoms with Crippen molar-refractivity contribution in [2.24, 2.45) is 0 Å². The molecular formula is C15H24N2O2S2. The Morgan fingerprint density at radius 2 is 2.19 bits per heavy atom. The van der Waals surface area contributed by atoms with E-state index in [-0.39, 0.29) is 0 Å². The Hall–Kier alpha value is -0.560. The summed E-state index contributed by atoms with van der Waals surface area (Å²) in [5.41, 5.74) is 1.87. The summed E-state index contributed by atoms with van der Waals surface area (Å²) in [7, 11) is -1.56. The Labute approximate surface area is 132 Å². The smallest absolute Gasteiger partial charge is 0.240 e. The first kappa shape index (κ1) is 16.8. The SMILES string of the molecule is CCc1ccc(CNC)cc1S(=O)(=O)NCC1CCCS1. The predicted octanol–water partition coefficient (Wildman–Crippen LogP) is 2.14.